The summed E-state index contributed by atoms with van der Waals surface area (Å²) >= 11 is 0. The van der Waals surface area contributed by atoms with Gasteiger partial charge in [-0.1, -0.05) is 37.3 Å². The number of nitrogens with zero attached hydrogens (tertiary/aromatic N) is 3. The topological polar surface area (TPSA) is 85.5 Å². The normalized spacial score (nSPS) is 11.9. The number of fused-ring (bicyclic) bond motifs is 1. The van der Waals surface area contributed by atoms with Crippen molar-refractivity contribution in [1.82, 2.24) is 18.9 Å². The van der Waals surface area contributed by atoms with Gasteiger partial charge in [-0.3, -0.25) is 9.20 Å². The van der Waals surface area contributed by atoms with E-state index in [4.69, 9.17) is 0 Å². The molecule has 2 aromatic heterocycles. The maximum absolute atomic E-state index is 12.6. The third kappa shape index (κ3) is 3.35. The van der Waals surface area contributed by atoms with Crippen LogP contribution in [0.1, 0.15) is 25.2 Å². The Morgan fingerprint density at radius 2 is 1.88 bits per heavy atom. The lowest BCUT2D eigenvalue weighted by Crippen LogP contribution is -2.26. The molecule has 0 saturated carbocycles. The molecular weight excluding hydrogens is 340 g/mol. The Morgan fingerprint density at radius 1 is 1.16 bits per heavy atom. The standard InChI is InChI=1S/C17H20N4O3S/c1-3-16-19-21(4-2)17(22)15-10-14(12-20(15)16)25(23,24)18-11-13-8-6-5-7-9-13/h5-10,12,18H,3-4,11H2,1-2H3. The molecule has 0 aliphatic rings. The molecule has 0 aliphatic carbocycles. The van der Waals surface area contributed by atoms with Crippen molar-refractivity contribution in [2.45, 2.75) is 38.3 Å². The van der Waals surface area contributed by atoms with Crippen LogP contribution < -0.4 is 10.3 Å². The predicted molar refractivity (Wildman–Crippen MR) is 95.0 cm³/mol. The number of hydrogen-bond acceptors (Lipinski definition) is 4. The molecule has 0 saturated heterocycles. The van der Waals surface area contributed by atoms with Crippen molar-refractivity contribution in [2.75, 3.05) is 0 Å². The summed E-state index contributed by atoms with van der Waals surface area (Å²) in [5, 5.41) is 4.28. The van der Waals surface area contributed by atoms with Crippen LogP contribution in [0.15, 0.2) is 52.3 Å². The summed E-state index contributed by atoms with van der Waals surface area (Å²) in [5.41, 5.74) is 0.872. The summed E-state index contributed by atoms with van der Waals surface area (Å²) in [6.45, 7) is 4.36. The van der Waals surface area contributed by atoms with E-state index in [2.05, 4.69) is 9.82 Å². The van der Waals surface area contributed by atoms with E-state index >= 15 is 0 Å². The Labute approximate surface area is 146 Å². The third-order valence-electron chi connectivity index (χ3n) is 4.00. The quantitative estimate of drug-likeness (QED) is 0.723. The highest BCUT2D eigenvalue weighted by molar-refractivity contribution is 7.89. The molecule has 0 fully saturated rings. The molecule has 3 aromatic rings. The largest absolute Gasteiger partial charge is 0.297 e. The fraction of sp³-hybridized carbons (Fsp3) is 0.294. The number of aryl methyl sites for hydroxylation is 2. The lowest BCUT2D eigenvalue weighted by atomic mass is 10.2. The Balaban J connectivity index is 2.00. The highest BCUT2D eigenvalue weighted by Crippen LogP contribution is 2.15. The smallest absolute Gasteiger partial charge is 0.291 e. The number of sulfonamides is 1. The lowest BCUT2D eigenvalue weighted by molar-refractivity contribution is 0.579. The van der Waals surface area contributed by atoms with Crippen LogP contribution in [0, 0.1) is 0 Å². The minimum absolute atomic E-state index is 0.0610. The van der Waals surface area contributed by atoms with Crippen molar-refractivity contribution in [3.8, 4) is 0 Å². The fourth-order valence-corrected chi connectivity index (χ4v) is 3.68. The molecule has 1 N–H and O–H groups in total. The first-order valence-electron chi connectivity index (χ1n) is 8.12. The van der Waals surface area contributed by atoms with Crippen molar-refractivity contribution in [3.63, 3.8) is 0 Å². The van der Waals surface area contributed by atoms with Gasteiger partial charge in [0.15, 0.2) is 0 Å². The summed E-state index contributed by atoms with van der Waals surface area (Å²) < 4.78 is 30.7. The maximum atomic E-state index is 12.6. The molecule has 1 aromatic carbocycles. The van der Waals surface area contributed by atoms with Gasteiger partial charge >= 0.3 is 0 Å². The first kappa shape index (κ1) is 17.4. The summed E-state index contributed by atoms with van der Waals surface area (Å²) in [6, 6.07) is 10.7. The Bertz CT molecular complexity index is 1050. The zero-order valence-electron chi connectivity index (χ0n) is 14.1. The average molecular weight is 360 g/mol. The predicted octanol–water partition coefficient (Wildman–Crippen LogP) is 1.56. The van der Waals surface area contributed by atoms with Crippen molar-refractivity contribution in [2.24, 2.45) is 0 Å². The van der Waals surface area contributed by atoms with E-state index in [1.165, 1.54) is 16.9 Å². The van der Waals surface area contributed by atoms with Gasteiger partial charge in [0, 0.05) is 25.7 Å². The Hall–Kier alpha value is -2.45. The number of benzene rings is 1. The van der Waals surface area contributed by atoms with Gasteiger partial charge in [-0.25, -0.2) is 17.8 Å². The van der Waals surface area contributed by atoms with E-state index < -0.39 is 10.0 Å². The van der Waals surface area contributed by atoms with E-state index in [9.17, 15) is 13.2 Å². The van der Waals surface area contributed by atoms with Gasteiger partial charge in [0.2, 0.25) is 10.0 Å². The van der Waals surface area contributed by atoms with E-state index in [1.807, 2.05) is 44.2 Å². The number of hydrogen-bond donors (Lipinski definition) is 1. The highest BCUT2D eigenvalue weighted by atomic mass is 32.2. The maximum Gasteiger partial charge on any atom is 0.291 e. The van der Waals surface area contributed by atoms with Gasteiger partial charge in [-0.2, -0.15) is 5.10 Å². The van der Waals surface area contributed by atoms with E-state index in [0.717, 1.165) is 5.56 Å². The van der Waals surface area contributed by atoms with Crippen LogP contribution in [-0.2, 0) is 29.5 Å². The molecule has 0 amide bonds. The molecule has 2 heterocycles. The molecule has 0 bridgehead atoms. The molecule has 0 radical (unpaired) electrons. The monoisotopic (exact) mass is 360 g/mol. The molecule has 25 heavy (non-hydrogen) atoms. The van der Waals surface area contributed by atoms with Crippen LogP contribution >= 0.6 is 0 Å². The molecule has 7 nitrogen and oxygen atoms in total. The summed E-state index contributed by atoms with van der Waals surface area (Å²) in [5.74, 6) is 0.640. The van der Waals surface area contributed by atoms with Gasteiger partial charge in [0.25, 0.3) is 5.56 Å². The molecule has 0 atom stereocenters. The van der Waals surface area contributed by atoms with Crippen LogP contribution in [0.4, 0.5) is 0 Å². The second-order valence-electron chi connectivity index (χ2n) is 5.63. The first-order valence-corrected chi connectivity index (χ1v) is 9.60. The van der Waals surface area contributed by atoms with Crippen LogP contribution in [0.5, 0.6) is 0 Å². The number of rotatable bonds is 6. The van der Waals surface area contributed by atoms with Gasteiger partial charge < -0.3 is 0 Å². The van der Waals surface area contributed by atoms with Crippen LogP contribution in [0.2, 0.25) is 0 Å². The first-order chi connectivity index (χ1) is 12.0. The SMILES string of the molecule is CCc1nn(CC)c(=O)c2cc(S(=O)(=O)NCc3ccccc3)cn12. The van der Waals surface area contributed by atoms with Crippen LogP contribution in [0.25, 0.3) is 5.52 Å². The van der Waals surface area contributed by atoms with E-state index in [1.54, 1.807) is 4.40 Å². The van der Waals surface area contributed by atoms with Crippen molar-refractivity contribution < 1.29 is 8.42 Å². The van der Waals surface area contributed by atoms with Crippen molar-refractivity contribution in [1.29, 1.82) is 0 Å². The zero-order valence-corrected chi connectivity index (χ0v) is 15.0. The minimum atomic E-state index is -3.73. The second kappa shape index (κ2) is 6.81. The molecule has 0 spiro atoms. The van der Waals surface area contributed by atoms with Gasteiger partial charge in [-0.05, 0) is 18.6 Å². The highest BCUT2D eigenvalue weighted by Gasteiger charge is 2.19. The number of nitrogens with one attached hydrogen (secondary N) is 1. The summed E-state index contributed by atoms with van der Waals surface area (Å²) in [4.78, 5) is 12.5. The van der Waals surface area contributed by atoms with Crippen molar-refractivity contribution in [3.05, 3.63) is 64.3 Å². The van der Waals surface area contributed by atoms with E-state index in [-0.39, 0.29) is 17.0 Å². The molecule has 0 aliphatic heterocycles. The van der Waals surface area contributed by atoms with Gasteiger partial charge in [0.05, 0.1) is 0 Å². The molecule has 3 rings (SSSR count). The zero-order chi connectivity index (χ0) is 18.0. The molecular formula is C17H20N4O3S. The summed E-state index contributed by atoms with van der Waals surface area (Å²) in [7, 11) is -3.73. The minimum Gasteiger partial charge on any atom is -0.297 e. The van der Waals surface area contributed by atoms with Crippen LogP contribution in [-0.4, -0.2) is 22.6 Å². The third-order valence-corrected chi connectivity index (χ3v) is 5.37. The fourth-order valence-electron chi connectivity index (χ4n) is 2.64. The van der Waals surface area contributed by atoms with Crippen molar-refractivity contribution >= 4 is 15.5 Å². The average Bonchev–Trinajstić information content (AvgIpc) is 3.08. The molecule has 0 unspecified atom stereocenters. The van der Waals surface area contributed by atoms with Gasteiger partial charge in [-0.15, -0.1) is 0 Å². The lowest BCUT2D eigenvalue weighted by Gasteiger charge is -2.06. The second-order valence-corrected chi connectivity index (χ2v) is 7.40. The Morgan fingerprint density at radius 3 is 2.52 bits per heavy atom. The Kier molecular flexibility index (Phi) is 4.73. The van der Waals surface area contributed by atoms with Gasteiger partial charge in [0.1, 0.15) is 16.2 Å². The summed E-state index contributed by atoms with van der Waals surface area (Å²) in [6.07, 6.45) is 2.04. The molecule has 132 valence electrons. The molecule has 8 heteroatoms. The number of aromatic nitrogens is 3. The van der Waals surface area contributed by atoms with E-state index in [0.29, 0.717) is 24.3 Å². The van der Waals surface area contributed by atoms with Crippen LogP contribution in [0.3, 0.4) is 0 Å².